The normalized spacial score (nSPS) is 35.4. The Bertz CT molecular complexity index is 1870. The predicted molar refractivity (Wildman–Crippen MR) is 156 cm³/mol. The average molecular weight is 674 g/mol. The molecule has 0 aliphatic carbocycles. The van der Waals surface area contributed by atoms with Gasteiger partial charge in [-0.2, -0.15) is 4.98 Å². The van der Waals surface area contributed by atoms with Crippen molar-refractivity contribution < 1.29 is 37.0 Å². The molecule has 7 rings (SSSR count). The molecule has 22 heteroatoms. The first-order chi connectivity index (χ1) is 20.5. The lowest BCUT2D eigenvalue weighted by atomic mass is 10.2. The Morgan fingerprint density at radius 2 is 1.88 bits per heavy atom. The van der Waals surface area contributed by atoms with Gasteiger partial charge in [-0.25, -0.2) is 19.5 Å². The minimum Gasteiger partial charge on any atom is -0.383 e. The monoisotopic (exact) mass is 673 g/mol. The van der Waals surface area contributed by atoms with Crippen molar-refractivity contribution in [1.82, 2.24) is 34.1 Å². The van der Waals surface area contributed by atoms with E-state index in [4.69, 9.17) is 50.8 Å². The molecule has 4 aromatic rings. The number of fused-ring (bicyclic) bond motifs is 5. The van der Waals surface area contributed by atoms with E-state index in [0.29, 0.717) is 16.9 Å². The van der Waals surface area contributed by atoms with E-state index in [-0.39, 0.29) is 43.2 Å². The molecule has 43 heavy (non-hydrogen) atoms. The lowest BCUT2D eigenvalue weighted by molar-refractivity contribution is -0.0578. The highest BCUT2D eigenvalue weighted by atomic mass is 32.7. The Morgan fingerprint density at radius 3 is 2.72 bits per heavy atom. The van der Waals surface area contributed by atoms with Crippen LogP contribution in [0.4, 0.5) is 11.8 Å². The van der Waals surface area contributed by atoms with Crippen LogP contribution >= 0.6 is 25.8 Å². The van der Waals surface area contributed by atoms with Crippen LogP contribution in [0.1, 0.15) is 25.3 Å². The number of nitrogens with two attached hydrogens (primary N) is 2. The fraction of sp³-hybridized carbons (Fsp3) is 0.476. The number of nitrogens with zero attached hydrogens (tertiary/aromatic N) is 6. The fourth-order valence-corrected chi connectivity index (χ4v) is 8.38. The molecule has 7 heterocycles. The standard InChI is InChI=1S/C21H25N9O9P2S2/c22-16-10-1-2-29(17(10)25-7-24-16)14-4-11-13(37-14)6-35-41(33,43)39-12-3-9(5-34-40(32,42)38-11)36-20(12)30-8-26-15-18(30)27-21(23)28-19(15)31/h1-2,7-9,11-14,20H,3-6H2,(H,32,42)(H,33,43)(H2,22,24,25)(H3,23,27,28,31)/t9-,11+,12+,13+,14?,20+,40?,41?/m0/s1. The number of hydrogen-bond donors (Lipinski definition) is 5. The number of imidazole rings is 1. The van der Waals surface area contributed by atoms with E-state index in [1.54, 1.807) is 16.8 Å². The zero-order valence-electron chi connectivity index (χ0n) is 21.9. The lowest BCUT2D eigenvalue weighted by Crippen LogP contribution is -2.29. The van der Waals surface area contributed by atoms with Crippen LogP contribution in [-0.2, 0) is 43.9 Å². The summed E-state index contributed by atoms with van der Waals surface area (Å²) in [5, 5.41) is 0.631. The number of nitrogen functional groups attached to an aromatic ring is 2. The Labute approximate surface area is 251 Å². The quantitative estimate of drug-likeness (QED) is 0.149. The highest BCUT2D eigenvalue weighted by molar-refractivity contribution is 8.44. The number of hydrogen-bond acceptors (Lipinski definition) is 15. The van der Waals surface area contributed by atoms with Crippen molar-refractivity contribution in [3.63, 3.8) is 0 Å². The van der Waals surface area contributed by atoms with E-state index in [0.717, 1.165) is 0 Å². The molecule has 3 aliphatic heterocycles. The van der Waals surface area contributed by atoms with Gasteiger partial charge < -0.3 is 39.4 Å². The van der Waals surface area contributed by atoms with Crippen LogP contribution < -0.4 is 17.0 Å². The zero-order chi connectivity index (χ0) is 30.1. The van der Waals surface area contributed by atoms with Crippen molar-refractivity contribution >= 4 is 71.5 Å². The number of anilines is 2. The van der Waals surface area contributed by atoms with Gasteiger partial charge in [-0.15, -0.1) is 0 Å². The van der Waals surface area contributed by atoms with Gasteiger partial charge in [0.05, 0.1) is 31.0 Å². The van der Waals surface area contributed by atoms with Crippen molar-refractivity contribution in [3.05, 3.63) is 35.3 Å². The second kappa shape index (κ2) is 10.8. The molecule has 0 saturated carbocycles. The fourth-order valence-electron chi connectivity index (χ4n) is 5.40. The highest BCUT2D eigenvalue weighted by Gasteiger charge is 2.46. The first-order valence-corrected chi connectivity index (χ1v) is 18.2. The third-order valence-electron chi connectivity index (χ3n) is 7.26. The lowest BCUT2D eigenvalue weighted by Gasteiger charge is -2.27. The van der Waals surface area contributed by atoms with E-state index < -0.39 is 55.9 Å². The average Bonchev–Trinajstić information content (AvgIpc) is 3.71. The summed E-state index contributed by atoms with van der Waals surface area (Å²) in [6.07, 6.45) is -0.186. The summed E-state index contributed by atoms with van der Waals surface area (Å²) in [6, 6.07) is 1.75. The van der Waals surface area contributed by atoms with Crippen LogP contribution in [0.2, 0.25) is 0 Å². The topological polar surface area (TPSA) is 239 Å². The molecule has 0 amide bonds. The SMILES string of the molecule is Nc1nc2c(ncn2[C@@H]2O[C@@H]3COP(=O)(S)O[C@@H]4CC(n5ccc6c(N)ncnc65)O[C@@H]4COP(O)(=S)O[C@@H]2C3)c(=O)[nH]1. The largest absolute Gasteiger partial charge is 0.386 e. The number of ether oxygens (including phenoxy) is 2. The van der Waals surface area contributed by atoms with Crippen LogP contribution in [0.15, 0.2) is 29.7 Å². The maximum Gasteiger partial charge on any atom is 0.386 e. The molecule has 2 bridgehead atoms. The number of nitrogens with one attached hydrogen (secondary N) is 1. The molecule has 4 aromatic heterocycles. The van der Waals surface area contributed by atoms with Crippen molar-refractivity contribution in [2.75, 3.05) is 24.7 Å². The van der Waals surface area contributed by atoms with Gasteiger partial charge >= 0.3 is 13.5 Å². The molecule has 0 spiro atoms. The second-order valence-electron chi connectivity index (χ2n) is 10.1. The second-order valence-corrected chi connectivity index (χ2v) is 15.7. The Kier molecular flexibility index (Phi) is 7.38. The number of aromatic nitrogens is 7. The summed E-state index contributed by atoms with van der Waals surface area (Å²) in [6.45, 7) is -8.38. The predicted octanol–water partition coefficient (Wildman–Crippen LogP) is 1.38. The zero-order valence-corrected chi connectivity index (χ0v) is 25.4. The third-order valence-corrected chi connectivity index (χ3v) is 10.5. The molecule has 0 radical (unpaired) electrons. The maximum atomic E-state index is 13.4. The first-order valence-electron chi connectivity index (χ1n) is 12.9. The summed E-state index contributed by atoms with van der Waals surface area (Å²) in [4.78, 5) is 42.4. The van der Waals surface area contributed by atoms with Gasteiger partial charge in [-0.3, -0.25) is 23.4 Å². The summed E-state index contributed by atoms with van der Waals surface area (Å²) < 4.78 is 52.0. The van der Waals surface area contributed by atoms with Crippen molar-refractivity contribution in [2.24, 2.45) is 0 Å². The highest BCUT2D eigenvalue weighted by Crippen LogP contribution is 2.58. The molecule has 8 atom stereocenters. The molecule has 3 fully saturated rings. The van der Waals surface area contributed by atoms with E-state index in [9.17, 15) is 14.3 Å². The van der Waals surface area contributed by atoms with Gasteiger partial charge in [0.1, 0.15) is 42.3 Å². The third kappa shape index (κ3) is 5.62. The van der Waals surface area contributed by atoms with Gasteiger partial charge in [-0.1, -0.05) is 12.2 Å². The van der Waals surface area contributed by atoms with Crippen LogP contribution in [0, 0.1) is 0 Å². The Balaban J connectivity index is 1.17. The van der Waals surface area contributed by atoms with E-state index in [1.807, 2.05) is 0 Å². The van der Waals surface area contributed by atoms with Gasteiger partial charge in [0.25, 0.3) is 5.56 Å². The van der Waals surface area contributed by atoms with Crippen LogP contribution in [0.3, 0.4) is 0 Å². The summed E-state index contributed by atoms with van der Waals surface area (Å²) in [7, 11) is 0. The summed E-state index contributed by atoms with van der Waals surface area (Å²) in [5.74, 6) is 0.175. The molecular weight excluding hydrogens is 648 g/mol. The van der Waals surface area contributed by atoms with Gasteiger partial charge in [0.2, 0.25) is 5.95 Å². The van der Waals surface area contributed by atoms with Crippen LogP contribution in [-0.4, -0.2) is 76.6 Å². The molecule has 3 unspecified atom stereocenters. The molecule has 230 valence electrons. The molecule has 3 aliphatic rings. The number of aromatic amines is 1. The Hall–Kier alpha value is -2.48. The van der Waals surface area contributed by atoms with E-state index in [2.05, 4.69) is 37.2 Å². The van der Waals surface area contributed by atoms with Gasteiger partial charge in [-0.05, 0) is 17.9 Å². The number of thiol groups is 1. The number of rotatable bonds is 2. The van der Waals surface area contributed by atoms with Crippen LogP contribution in [0.25, 0.3) is 22.2 Å². The molecule has 6 N–H and O–H groups in total. The van der Waals surface area contributed by atoms with Crippen LogP contribution in [0.5, 0.6) is 0 Å². The minimum absolute atomic E-state index is 0.0159. The van der Waals surface area contributed by atoms with Crippen molar-refractivity contribution in [3.8, 4) is 0 Å². The smallest absolute Gasteiger partial charge is 0.383 e. The molecule has 3 saturated heterocycles. The van der Waals surface area contributed by atoms with Gasteiger partial charge in [0, 0.05) is 19.0 Å². The molecular formula is C21H25N9O9P2S2. The number of H-pyrrole nitrogens is 1. The Morgan fingerprint density at radius 1 is 1.05 bits per heavy atom. The summed E-state index contributed by atoms with van der Waals surface area (Å²) >= 11 is 9.54. The van der Waals surface area contributed by atoms with E-state index in [1.165, 1.54) is 17.2 Å². The van der Waals surface area contributed by atoms with Gasteiger partial charge in [0.15, 0.2) is 17.4 Å². The molecule has 0 aromatic carbocycles. The maximum absolute atomic E-state index is 13.4. The minimum atomic E-state index is -3.97. The summed E-state index contributed by atoms with van der Waals surface area (Å²) in [5.41, 5.74) is 11.8. The van der Waals surface area contributed by atoms with Crippen molar-refractivity contribution in [2.45, 2.75) is 49.7 Å². The van der Waals surface area contributed by atoms with Crippen molar-refractivity contribution in [1.29, 1.82) is 0 Å². The first kappa shape index (κ1) is 29.2. The van der Waals surface area contributed by atoms with E-state index >= 15 is 0 Å². The molecule has 18 nitrogen and oxygen atoms in total.